The zero-order valence-corrected chi connectivity index (χ0v) is 13.2. The Hall–Kier alpha value is -1.36. The van der Waals surface area contributed by atoms with Crippen LogP contribution >= 0.6 is 15.9 Å². The summed E-state index contributed by atoms with van der Waals surface area (Å²) in [5.74, 6) is -0.367. The Kier molecular flexibility index (Phi) is 5.54. The Morgan fingerprint density at radius 2 is 2.05 bits per heavy atom. The van der Waals surface area contributed by atoms with E-state index in [0.717, 1.165) is 10.0 Å². The van der Waals surface area contributed by atoms with Crippen LogP contribution in [0.4, 0.5) is 0 Å². The van der Waals surface area contributed by atoms with Gasteiger partial charge < -0.3 is 10.2 Å². The lowest BCUT2D eigenvalue weighted by Crippen LogP contribution is -2.37. The molecular weight excluding hydrogens is 308 g/mol. The number of carbonyl (C=O) groups excluding carboxylic acids is 2. The van der Waals surface area contributed by atoms with Crippen LogP contribution < -0.4 is 5.32 Å². The average Bonchev–Trinajstić information content (AvgIpc) is 2.39. The van der Waals surface area contributed by atoms with Crippen LogP contribution in [0.3, 0.4) is 0 Å². The van der Waals surface area contributed by atoms with Crippen molar-refractivity contribution < 1.29 is 9.59 Å². The van der Waals surface area contributed by atoms with E-state index in [9.17, 15) is 9.59 Å². The van der Waals surface area contributed by atoms with Crippen LogP contribution in [-0.2, 0) is 4.79 Å². The smallest absolute Gasteiger partial charge is 0.253 e. The Labute approximate surface area is 122 Å². The highest BCUT2D eigenvalue weighted by atomic mass is 79.9. The van der Waals surface area contributed by atoms with E-state index in [4.69, 9.17) is 0 Å². The molecule has 1 unspecified atom stereocenters. The molecule has 2 amide bonds. The minimum Gasteiger partial charge on any atom is -0.359 e. The fraction of sp³-hybridized carbons (Fsp3) is 0.429. The lowest BCUT2D eigenvalue weighted by molar-refractivity contribution is -0.124. The van der Waals surface area contributed by atoms with Crippen molar-refractivity contribution in [1.29, 1.82) is 0 Å². The third-order valence-corrected chi connectivity index (χ3v) is 3.88. The standard InChI is InChI=1S/C14H19BrN2O2/c1-9-7-11(5-6-12(9)15)14(19)17(4)8-10(2)13(18)16-3/h5-7,10H,8H2,1-4H3,(H,16,18). The van der Waals surface area contributed by atoms with E-state index < -0.39 is 0 Å². The SMILES string of the molecule is CNC(=O)C(C)CN(C)C(=O)c1ccc(Br)c(C)c1. The summed E-state index contributed by atoms with van der Waals surface area (Å²) >= 11 is 3.41. The van der Waals surface area contributed by atoms with Gasteiger partial charge in [-0.3, -0.25) is 9.59 Å². The van der Waals surface area contributed by atoms with Crippen LogP contribution in [0.1, 0.15) is 22.8 Å². The second kappa shape index (κ2) is 6.70. The van der Waals surface area contributed by atoms with E-state index in [-0.39, 0.29) is 17.7 Å². The fourth-order valence-corrected chi connectivity index (χ4v) is 2.07. The number of hydrogen-bond acceptors (Lipinski definition) is 2. The molecule has 0 aliphatic rings. The van der Waals surface area contributed by atoms with Crippen molar-refractivity contribution in [2.75, 3.05) is 20.6 Å². The molecule has 0 aliphatic carbocycles. The lowest BCUT2D eigenvalue weighted by atomic mass is 10.1. The third kappa shape index (κ3) is 4.06. The topological polar surface area (TPSA) is 49.4 Å². The van der Waals surface area contributed by atoms with Gasteiger partial charge in [-0.2, -0.15) is 0 Å². The summed E-state index contributed by atoms with van der Waals surface area (Å²) in [5, 5.41) is 2.58. The van der Waals surface area contributed by atoms with Crippen LogP contribution in [0.25, 0.3) is 0 Å². The molecule has 1 aromatic rings. The summed E-state index contributed by atoms with van der Waals surface area (Å²) in [6, 6.07) is 5.48. The first kappa shape index (κ1) is 15.7. The molecule has 1 N–H and O–H groups in total. The van der Waals surface area contributed by atoms with Crippen molar-refractivity contribution in [2.24, 2.45) is 5.92 Å². The van der Waals surface area contributed by atoms with Crippen molar-refractivity contribution in [1.82, 2.24) is 10.2 Å². The maximum Gasteiger partial charge on any atom is 0.253 e. The van der Waals surface area contributed by atoms with Crippen LogP contribution in [-0.4, -0.2) is 37.4 Å². The third-order valence-electron chi connectivity index (χ3n) is 2.99. The van der Waals surface area contributed by atoms with E-state index in [1.54, 1.807) is 32.0 Å². The van der Waals surface area contributed by atoms with Gasteiger partial charge in [0, 0.05) is 30.7 Å². The molecule has 5 heteroatoms. The second-order valence-corrected chi connectivity index (χ2v) is 5.52. The maximum absolute atomic E-state index is 12.2. The molecule has 1 aromatic carbocycles. The molecule has 0 bridgehead atoms. The summed E-state index contributed by atoms with van der Waals surface area (Å²) in [7, 11) is 3.30. The minimum atomic E-state index is -0.226. The van der Waals surface area contributed by atoms with Gasteiger partial charge in [0.1, 0.15) is 0 Å². The zero-order chi connectivity index (χ0) is 14.6. The molecule has 0 radical (unpaired) electrons. The Morgan fingerprint density at radius 1 is 1.42 bits per heavy atom. The Bertz CT molecular complexity index is 488. The lowest BCUT2D eigenvalue weighted by Gasteiger charge is -2.21. The van der Waals surface area contributed by atoms with Crippen molar-refractivity contribution in [3.05, 3.63) is 33.8 Å². The van der Waals surface area contributed by atoms with E-state index in [2.05, 4.69) is 21.2 Å². The van der Waals surface area contributed by atoms with E-state index in [1.165, 1.54) is 0 Å². The van der Waals surface area contributed by atoms with Crippen molar-refractivity contribution in [2.45, 2.75) is 13.8 Å². The van der Waals surface area contributed by atoms with Crippen LogP contribution in [0.2, 0.25) is 0 Å². The fourth-order valence-electron chi connectivity index (χ4n) is 1.82. The highest BCUT2D eigenvalue weighted by Gasteiger charge is 2.18. The summed E-state index contributed by atoms with van der Waals surface area (Å²) in [6.07, 6.45) is 0. The molecule has 0 aliphatic heterocycles. The minimum absolute atomic E-state index is 0.0633. The van der Waals surface area contributed by atoms with Crippen LogP contribution in [0, 0.1) is 12.8 Å². The first-order valence-corrected chi connectivity index (χ1v) is 6.89. The predicted octanol–water partition coefficient (Wildman–Crippen LogP) is 2.21. The molecule has 4 nitrogen and oxygen atoms in total. The van der Waals surface area contributed by atoms with Crippen LogP contribution in [0.15, 0.2) is 22.7 Å². The predicted molar refractivity (Wildman–Crippen MR) is 79.1 cm³/mol. The van der Waals surface area contributed by atoms with Crippen molar-refractivity contribution in [3.63, 3.8) is 0 Å². The van der Waals surface area contributed by atoms with Gasteiger partial charge in [-0.05, 0) is 30.7 Å². The first-order valence-electron chi connectivity index (χ1n) is 6.10. The molecule has 1 rings (SSSR count). The van der Waals surface area contributed by atoms with Gasteiger partial charge in [0.2, 0.25) is 5.91 Å². The number of nitrogens with one attached hydrogen (secondary N) is 1. The number of aryl methyl sites for hydroxylation is 1. The van der Waals surface area contributed by atoms with Gasteiger partial charge in [-0.15, -0.1) is 0 Å². The first-order chi connectivity index (χ1) is 8.86. The van der Waals surface area contributed by atoms with Gasteiger partial charge in [0.05, 0.1) is 5.92 Å². The largest absolute Gasteiger partial charge is 0.359 e. The molecule has 0 saturated heterocycles. The highest BCUT2D eigenvalue weighted by Crippen LogP contribution is 2.18. The van der Waals surface area contributed by atoms with Gasteiger partial charge >= 0.3 is 0 Å². The normalized spacial score (nSPS) is 11.8. The molecular formula is C14H19BrN2O2. The number of carbonyl (C=O) groups is 2. The summed E-state index contributed by atoms with van der Waals surface area (Å²) in [5.41, 5.74) is 1.64. The molecule has 0 saturated carbocycles. The monoisotopic (exact) mass is 326 g/mol. The summed E-state index contributed by atoms with van der Waals surface area (Å²) in [6.45, 7) is 4.14. The molecule has 19 heavy (non-hydrogen) atoms. The number of nitrogens with zero attached hydrogens (tertiary/aromatic N) is 1. The van der Waals surface area contributed by atoms with Gasteiger partial charge in [-0.1, -0.05) is 22.9 Å². The molecule has 0 heterocycles. The molecule has 0 aromatic heterocycles. The molecule has 104 valence electrons. The van der Waals surface area contributed by atoms with Gasteiger partial charge in [-0.25, -0.2) is 0 Å². The summed E-state index contributed by atoms with van der Waals surface area (Å²) < 4.78 is 0.977. The maximum atomic E-state index is 12.2. The highest BCUT2D eigenvalue weighted by molar-refractivity contribution is 9.10. The van der Waals surface area contributed by atoms with Crippen molar-refractivity contribution >= 4 is 27.7 Å². The molecule has 1 atom stereocenters. The summed E-state index contributed by atoms with van der Waals surface area (Å²) in [4.78, 5) is 25.3. The quantitative estimate of drug-likeness (QED) is 0.922. The number of halogens is 1. The second-order valence-electron chi connectivity index (χ2n) is 4.66. The average molecular weight is 327 g/mol. The Morgan fingerprint density at radius 3 is 2.58 bits per heavy atom. The van der Waals surface area contributed by atoms with Gasteiger partial charge in [0.15, 0.2) is 0 Å². The molecule has 0 fully saturated rings. The number of rotatable bonds is 4. The molecule has 0 spiro atoms. The number of amides is 2. The number of hydrogen-bond donors (Lipinski definition) is 1. The van der Waals surface area contributed by atoms with E-state index in [1.807, 2.05) is 19.1 Å². The van der Waals surface area contributed by atoms with Gasteiger partial charge in [0.25, 0.3) is 5.91 Å². The van der Waals surface area contributed by atoms with Crippen LogP contribution in [0.5, 0.6) is 0 Å². The van der Waals surface area contributed by atoms with Crippen molar-refractivity contribution in [3.8, 4) is 0 Å². The zero-order valence-electron chi connectivity index (χ0n) is 11.7. The van der Waals surface area contributed by atoms with E-state index in [0.29, 0.717) is 12.1 Å². The van der Waals surface area contributed by atoms with E-state index >= 15 is 0 Å². The Balaban J connectivity index is 2.76. The number of benzene rings is 1.